The van der Waals surface area contributed by atoms with Crippen LogP contribution in [-0.2, 0) is 27.8 Å². The monoisotopic (exact) mass is 647 g/mol. The summed E-state index contributed by atoms with van der Waals surface area (Å²) in [4.78, 5) is 46.3. The molecule has 1 aliphatic carbocycles. The molecule has 2 unspecified atom stereocenters. The molecule has 2 atom stereocenters. The Hall–Kier alpha value is -1.78. The molecule has 0 radical (unpaired) electrons. The minimum absolute atomic E-state index is 0.00546. The number of hydrogen-bond acceptors (Lipinski definition) is 9. The maximum absolute atomic E-state index is 12.4. The van der Waals surface area contributed by atoms with Crippen LogP contribution < -0.4 is 0 Å². The van der Waals surface area contributed by atoms with Crippen molar-refractivity contribution in [2.24, 2.45) is 0 Å². The van der Waals surface area contributed by atoms with Crippen molar-refractivity contribution in [1.29, 1.82) is 0 Å². The van der Waals surface area contributed by atoms with Gasteiger partial charge in [0.25, 0.3) is 6.79 Å². The normalized spacial score (nSPS) is 18.0. The summed E-state index contributed by atoms with van der Waals surface area (Å²) in [6, 6.07) is 0. The van der Waals surface area contributed by atoms with Crippen LogP contribution in [0.15, 0.2) is 23.2 Å². The first-order valence-corrected chi connectivity index (χ1v) is 18.1. The van der Waals surface area contributed by atoms with Gasteiger partial charge in [-0.3, -0.25) is 9.59 Å². The Morgan fingerprint density at radius 2 is 1.05 bits per heavy atom. The zero-order valence-corrected chi connectivity index (χ0v) is 28.3. The number of hydrogen-bond donors (Lipinski definition) is 2. The first kappa shape index (κ1) is 37.4. The van der Waals surface area contributed by atoms with Gasteiger partial charge in [-0.1, -0.05) is 62.4 Å². The molecule has 0 spiro atoms. The summed E-state index contributed by atoms with van der Waals surface area (Å²) < 4.78 is 28.4. The van der Waals surface area contributed by atoms with Crippen molar-refractivity contribution in [1.82, 2.24) is 14.7 Å². The Kier molecular flexibility index (Phi) is 17.0. The van der Waals surface area contributed by atoms with Gasteiger partial charge in [-0.25, -0.2) is 0 Å². The molecule has 0 saturated carbocycles. The van der Waals surface area contributed by atoms with Crippen molar-refractivity contribution < 1.29 is 42.0 Å². The molecule has 0 amide bonds. The van der Waals surface area contributed by atoms with Gasteiger partial charge >= 0.3 is 16.5 Å². The van der Waals surface area contributed by atoms with E-state index in [2.05, 4.69) is 36.7 Å². The Balaban J connectivity index is 0.000000238. The molecular formula is C29H53N4O8P2+3. The van der Waals surface area contributed by atoms with E-state index in [1.807, 2.05) is 14.7 Å². The van der Waals surface area contributed by atoms with Crippen LogP contribution in [0.2, 0.25) is 0 Å². The molecule has 43 heavy (non-hydrogen) atoms. The average Bonchev–Trinajstić information content (AvgIpc) is 3.82. The van der Waals surface area contributed by atoms with E-state index in [0.717, 1.165) is 39.3 Å². The van der Waals surface area contributed by atoms with Crippen LogP contribution in [-0.4, -0.2) is 113 Å². The molecule has 3 saturated heterocycles. The molecule has 4 aliphatic rings. The van der Waals surface area contributed by atoms with Crippen molar-refractivity contribution in [3.05, 3.63) is 23.2 Å². The molecule has 0 aromatic carbocycles. The molecule has 244 valence electrons. The molecule has 12 nitrogen and oxygen atoms in total. The quantitative estimate of drug-likeness (QED) is 0.0676. The van der Waals surface area contributed by atoms with E-state index in [-0.39, 0.29) is 11.6 Å². The van der Waals surface area contributed by atoms with E-state index in [1.54, 1.807) is 0 Å². The fourth-order valence-electron chi connectivity index (χ4n) is 5.03. The topological polar surface area (TPSA) is 136 Å². The van der Waals surface area contributed by atoms with Gasteiger partial charge in [-0.2, -0.15) is 0 Å². The molecule has 0 aromatic rings. The van der Waals surface area contributed by atoms with Crippen molar-refractivity contribution >= 4 is 28.1 Å². The molecular weight excluding hydrogens is 594 g/mol. The van der Waals surface area contributed by atoms with Crippen LogP contribution >= 0.6 is 16.5 Å². The number of ketones is 2. The molecule has 0 aromatic heterocycles. The zero-order chi connectivity index (χ0) is 31.8. The molecule has 14 heteroatoms. The molecule has 3 fully saturated rings. The summed E-state index contributed by atoms with van der Waals surface area (Å²) in [6.45, 7) is 19.8. The smallest absolute Gasteiger partial charge is 0.365 e. The Morgan fingerprint density at radius 3 is 1.37 bits per heavy atom. The number of carbonyl (C=O) groups excluding carboxylic acids is 2. The van der Waals surface area contributed by atoms with Gasteiger partial charge in [0.15, 0.2) is 0 Å². The lowest BCUT2D eigenvalue weighted by Crippen LogP contribution is -2.50. The molecule has 0 bridgehead atoms. The number of rotatable bonds is 19. The average molecular weight is 648 g/mol. The van der Waals surface area contributed by atoms with Crippen LogP contribution in [0.4, 0.5) is 0 Å². The largest absolute Gasteiger partial charge is 0.697 e. The second-order valence-electron chi connectivity index (χ2n) is 11.4. The van der Waals surface area contributed by atoms with E-state index >= 15 is 0 Å². The Bertz CT molecular complexity index is 959. The molecule has 4 rings (SSSR count). The van der Waals surface area contributed by atoms with Crippen LogP contribution in [0.5, 0.6) is 0 Å². The second kappa shape index (κ2) is 19.6. The van der Waals surface area contributed by atoms with Gasteiger partial charge in [0, 0.05) is 54.5 Å². The van der Waals surface area contributed by atoms with Gasteiger partial charge in [-0.15, -0.1) is 9.79 Å². The number of nitrogens with zero attached hydrogens (tertiary/aromatic N) is 4. The summed E-state index contributed by atoms with van der Waals surface area (Å²) in [7, 11) is -5.49. The van der Waals surface area contributed by atoms with Crippen LogP contribution in [0, 0.1) is 0 Å². The summed E-state index contributed by atoms with van der Waals surface area (Å²) in [5, 5.41) is 0. The lowest BCUT2D eigenvalue weighted by molar-refractivity contribution is -0.929. The maximum Gasteiger partial charge on any atom is 0.697 e. The van der Waals surface area contributed by atoms with Crippen molar-refractivity contribution in [2.45, 2.75) is 79.1 Å². The maximum atomic E-state index is 12.4. The molecule has 2 N–H and O–H groups in total. The predicted molar refractivity (Wildman–Crippen MR) is 166 cm³/mol. The highest BCUT2D eigenvalue weighted by molar-refractivity contribution is 7.32. The van der Waals surface area contributed by atoms with Crippen LogP contribution in [0.3, 0.4) is 0 Å². The van der Waals surface area contributed by atoms with Gasteiger partial charge in [0.2, 0.25) is 11.6 Å². The van der Waals surface area contributed by atoms with E-state index in [0.29, 0.717) is 17.1 Å². The van der Waals surface area contributed by atoms with Gasteiger partial charge in [0.1, 0.15) is 11.4 Å². The summed E-state index contributed by atoms with van der Waals surface area (Å²) in [6.07, 6.45) is 12.6. The lowest BCUT2D eigenvalue weighted by atomic mass is 10.0. The third-order valence-corrected chi connectivity index (χ3v) is 8.41. The second-order valence-corrected chi connectivity index (χ2v) is 12.9. The van der Waals surface area contributed by atoms with Crippen molar-refractivity contribution in [3.8, 4) is 0 Å². The lowest BCUT2D eigenvalue weighted by Gasteiger charge is -2.39. The Morgan fingerprint density at radius 1 is 0.674 bits per heavy atom. The fraction of sp³-hybridized carbons (Fsp3) is 0.793. The highest BCUT2D eigenvalue weighted by atomic mass is 31.1. The summed E-state index contributed by atoms with van der Waals surface area (Å²) in [5.41, 5.74) is 1.89. The van der Waals surface area contributed by atoms with E-state index in [9.17, 15) is 18.7 Å². The van der Waals surface area contributed by atoms with Gasteiger partial charge in [-0.05, 0) is 25.7 Å². The number of carbonyl (C=O) groups is 2. The molecule has 3 aliphatic heterocycles. The SMILES string of the molecule is CCCC[N+](CCCC)(CCCC)CCCC.O=C1C=C(N2CC2)C(=O)C(N2CC2)=C1N1CC1.O=[P+](O)OCO[P+](=O)O. The minimum atomic E-state index is -2.75. The standard InChI is InChI=1S/C16H36N.C12H13N3O2.CH2O6P2/c1-5-9-13-17(14-10-6-2,15-11-7-3)16-12-8-4;16-9-7-8(13-1-2-13)12(17)11(15-5-6-15)10(9)14-3-4-14;2-8(3)6-1-7-9(4)5/h5-16H2,1-4H3;7H,1-6H2;1H2/q+1;;/p+2. The first-order chi connectivity index (χ1) is 20.6. The van der Waals surface area contributed by atoms with E-state index in [1.165, 1.54) is 88.1 Å². The fourth-order valence-corrected chi connectivity index (χ4v) is 5.40. The third kappa shape index (κ3) is 13.8. The minimum Gasteiger partial charge on any atom is -0.365 e. The number of unbranched alkanes of at least 4 members (excludes halogenated alkanes) is 4. The molecule has 3 heterocycles. The first-order valence-electron chi connectivity index (χ1n) is 15.9. The highest BCUT2D eigenvalue weighted by Gasteiger charge is 2.43. The van der Waals surface area contributed by atoms with Gasteiger partial charge in [0.05, 0.1) is 31.9 Å². The summed E-state index contributed by atoms with van der Waals surface area (Å²) >= 11 is 0. The van der Waals surface area contributed by atoms with Crippen molar-refractivity contribution in [3.63, 3.8) is 0 Å². The van der Waals surface area contributed by atoms with Gasteiger partial charge < -0.3 is 19.2 Å². The van der Waals surface area contributed by atoms with Crippen LogP contribution in [0.25, 0.3) is 0 Å². The van der Waals surface area contributed by atoms with Crippen molar-refractivity contribution in [2.75, 3.05) is 72.2 Å². The Labute approximate surface area is 259 Å². The van der Waals surface area contributed by atoms with E-state index < -0.39 is 23.3 Å². The summed E-state index contributed by atoms with van der Waals surface area (Å²) in [5.74, 6) is 0.0485. The third-order valence-electron chi connectivity index (χ3n) is 7.76. The predicted octanol–water partition coefficient (Wildman–Crippen LogP) is 4.46. The number of quaternary nitrogens is 1. The van der Waals surface area contributed by atoms with Crippen LogP contribution in [0.1, 0.15) is 79.1 Å². The zero-order valence-electron chi connectivity index (χ0n) is 26.5. The van der Waals surface area contributed by atoms with E-state index in [4.69, 9.17) is 9.79 Å². The highest BCUT2D eigenvalue weighted by Crippen LogP contribution is 2.34. The number of allylic oxidation sites excluding steroid dienone is 1. The number of Topliss-reactive ketones (excluding diaryl/α,β-unsaturated/α-hetero) is 1.